The minimum atomic E-state index is -0.513. The van der Waals surface area contributed by atoms with E-state index < -0.39 is 5.91 Å². The highest BCUT2D eigenvalue weighted by molar-refractivity contribution is 6.10. The molecule has 2 aromatic carbocycles. The van der Waals surface area contributed by atoms with Gasteiger partial charge in [-0.2, -0.15) is 10.4 Å². The Labute approximate surface area is 163 Å². The second-order valence-electron chi connectivity index (χ2n) is 6.08. The molecule has 0 bridgehead atoms. The maximum atomic E-state index is 12.6. The first-order chi connectivity index (χ1) is 13.7. The summed E-state index contributed by atoms with van der Waals surface area (Å²) < 4.78 is 5.23. The minimum absolute atomic E-state index is 0.0289. The smallest absolute Gasteiger partial charge is 0.266 e. The van der Waals surface area contributed by atoms with Gasteiger partial charge in [-0.05, 0) is 30.2 Å². The van der Waals surface area contributed by atoms with Crippen molar-refractivity contribution in [2.45, 2.75) is 13.3 Å². The summed E-state index contributed by atoms with van der Waals surface area (Å²) >= 11 is 0. The predicted molar refractivity (Wildman–Crippen MR) is 109 cm³/mol. The highest BCUT2D eigenvalue weighted by Crippen LogP contribution is 2.26. The maximum Gasteiger partial charge on any atom is 0.266 e. The van der Waals surface area contributed by atoms with E-state index in [1.165, 1.54) is 18.7 Å². The molecule has 6 nitrogen and oxygen atoms in total. The number of hydrogen-bond acceptors (Lipinski definition) is 4. The Balaban J connectivity index is 1.88. The van der Waals surface area contributed by atoms with Crippen LogP contribution in [0.1, 0.15) is 18.1 Å². The second-order valence-corrected chi connectivity index (χ2v) is 6.08. The number of nitrogens with one attached hydrogen (secondary N) is 2. The third-order valence-electron chi connectivity index (χ3n) is 4.34. The number of rotatable bonds is 6. The molecule has 0 saturated heterocycles. The van der Waals surface area contributed by atoms with Crippen LogP contribution in [-0.2, 0) is 11.2 Å². The lowest BCUT2D eigenvalue weighted by Crippen LogP contribution is -2.14. The molecule has 0 aliphatic carbocycles. The van der Waals surface area contributed by atoms with Crippen LogP contribution in [0, 0.1) is 11.3 Å². The van der Waals surface area contributed by atoms with Crippen molar-refractivity contribution in [3.05, 3.63) is 71.4 Å². The standard InChI is InChI=1S/C22H20N4O2/c1-3-15-8-10-16(11-9-15)21-18(14-24-26-21)12-17(13-23)22(27)25-19-6-4-5-7-20(19)28-2/h4-12,14H,3H2,1-2H3,(H,24,26)(H,25,27)/b17-12+. The van der Waals surface area contributed by atoms with Crippen LogP contribution in [0.25, 0.3) is 17.3 Å². The van der Waals surface area contributed by atoms with Crippen LogP contribution in [0.2, 0.25) is 0 Å². The zero-order chi connectivity index (χ0) is 19.9. The molecule has 140 valence electrons. The highest BCUT2D eigenvalue weighted by atomic mass is 16.5. The fourth-order valence-electron chi connectivity index (χ4n) is 2.78. The molecule has 3 aromatic rings. The highest BCUT2D eigenvalue weighted by Gasteiger charge is 2.14. The SMILES string of the molecule is CCc1ccc(-c2[nH]ncc2/C=C(\C#N)C(=O)Nc2ccccc2OC)cc1. The van der Waals surface area contributed by atoms with E-state index in [1.54, 1.807) is 30.5 Å². The van der Waals surface area contributed by atoms with Gasteiger partial charge in [0, 0.05) is 11.1 Å². The fourth-order valence-corrected chi connectivity index (χ4v) is 2.78. The van der Waals surface area contributed by atoms with Crippen molar-refractivity contribution in [3.63, 3.8) is 0 Å². The number of aromatic nitrogens is 2. The van der Waals surface area contributed by atoms with Gasteiger partial charge in [0.15, 0.2) is 0 Å². The van der Waals surface area contributed by atoms with Gasteiger partial charge >= 0.3 is 0 Å². The second kappa shape index (κ2) is 8.69. The summed E-state index contributed by atoms with van der Waals surface area (Å²) in [6.45, 7) is 2.10. The summed E-state index contributed by atoms with van der Waals surface area (Å²) in [6.07, 6.45) is 4.08. The first-order valence-corrected chi connectivity index (χ1v) is 8.85. The molecule has 0 aliphatic heterocycles. The van der Waals surface area contributed by atoms with E-state index >= 15 is 0 Å². The van der Waals surface area contributed by atoms with Crippen molar-refractivity contribution in [2.75, 3.05) is 12.4 Å². The molecule has 0 unspecified atom stereocenters. The number of hydrogen-bond donors (Lipinski definition) is 2. The molecule has 1 aromatic heterocycles. The number of carbonyl (C=O) groups excluding carboxylic acids is 1. The lowest BCUT2D eigenvalue weighted by molar-refractivity contribution is -0.112. The fraction of sp³-hybridized carbons (Fsp3) is 0.136. The number of nitriles is 1. The van der Waals surface area contributed by atoms with Gasteiger partial charge in [0.05, 0.1) is 24.7 Å². The zero-order valence-corrected chi connectivity index (χ0v) is 15.7. The Bertz CT molecular complexity index is 1040. The normalized spacial score (nSPS) is 11.0. The first kappa shape index (κ1) is 18.9. The average Bonchev–Trinajstić information content (AvgIpc) is 3.20. The molecule has 0 aliphatic rings. The van der Waals surface area contributed by atoms with Crippen LogP contribution in [0.4, 0.5) is 5.69 Å². The van der Waals surface area contributed by atoms with E-state index in [0.717, 1.165) is 17.7 Å². The van der Waals surface area contributed by atoms with E-state index in [1.807, 2.05) is 30.3 Å². The van der Waals surface area contributed by atoms with Crippen molar-refractivity contribution in [3.8, 4) is 23.1 Å². The van der Waals surface area contributed by atoms with Crippen molar-refractivity contribution < 1.29 is 9.53 Å². The van der Waals surface area contributed by atoms with Gasteiger partial charge in [-0.3, -0.25) is 9.89 Å². The van der Waals surface area contributed by atoms with Gasteiger partial charge in [-0.1, -0.05) is 43.3 Å². The molecular formula is C22H20N4O2. The molecule has 1 amide bonds. The molecule has 0 saturated carbocycles. The van der Waals surface area contributed by atoms with Gasteiger partial charge in [0.2, 0.25) is 0 Å². The number of para-hydroxylation sites is 2. The maximum absolute atomic E-state index is 12.6. The minimum Gasteiger partial charge on any atom is -0.495 e. The number of amides is 1. The molecule has 6 heteroatoms. The van der Waals surface area contributed by atoms with Crippen LogP contribution in [0.15, 0.2) is 60.3 Å². The van der Waals surface area contributed by atoms with Crippen molar-refractivity contribution in [2.24, 2.45) is 0 Å². The number of aromatic amines is 1. The monoisotopic (exact) mass is 372 g/mol. The summed E-state index contributed by atoms with van der Waals surface area (Å²) in [6, 6.07) is 17.1. The van der Waals surface area contributed by atoms with Gasteiger partial charge in [0.1, 0.15) is 17.4 Å². The van der Waals surface area contributed by atoms with Crippen LogP contribution in [0.3, 0.4) is 0 Å². The molecule has 2 N–H and O–H groups in total. The predicted octanol–water partition coefficient (Wildman–Crippen LogP) is 4.19. The number of nitrogens with zero attached hydrogens (tertiary/aromatic N) is 2. The number of benzene rings is 2. The summed E-state index contributed by atoms with van der Waals surface area (Å²) in [5.41, 5.74) is 4.05. The quantitative estimate of drug-likeness (QED) is 0.501. The summed E-state index contributed by atoms with van der Waals surface area (Å²) in [5, 5.41) is 19.2. The third-order valence-corrected chi connectivity index (χ3v) is 4.34. The largest absolute Gasteiger partial charge is 0.495 e. The van der Waals surface area contributed by atoms with Crippen molar-refractivity contribution >= 4 is 17.7 Å². The van der Waals surface area contributed by atoms with Crippen LogP contribution >= 0.6 is 0 Å². The van der Waals surface area contributed by atoms with Crippen LogP contribution in [0.5, 0.6) is 5.75 Å². The Kier molecular flexibility index (Phi) is 5.87. The number of ether oxygens (including phenoxy) is 1. The Morgan fingerprint density at radius 3 is 2.68 bits per heavy atom. The number of carbonyl (C=O) groups is 1. The van der Waals surface area contributed by atoms with Crippen molar-refractivity contribution in [1.29, 1.82) is 5.26 Å². The van der Waals surface area contributed by atoms with Gasteiger partial charge < -0.3 is 10.1 Å². The zero-order valence-electron chi connectivity index (χ0n) is 15.7. The van der Waals surface area contributed by atoms with E-state index in [-0.39, 0.29) is 5.57 Å². The van der Waals surface area contributed by atoms with E-state index in [0.29, 0.717) is 17.0 Å². The molecule has 0 atom stereocenters. The van der Waals surface area contributed by atoms with Crippen LogP contribution in [-0.4, -0.2) is 23.2 Å². The molecule has 0 spiro atoms. The average molecular weight is 372 g/mol. The third kappa shape index (κ3) is 4.10. The van der Waals surface area contributed by atoms with Gasteiger partial charge in [0.25, 0.3) is 5.91 Å². The molecular weight excluding hydrogens is 352 g/mol. The number of aryl methyl sites for hydroxylation is 1. The number of methoxy groups -OCH3 is 1. The molecule has 0 fully saturated rings. The molecule has 28 heavy (non-hydrogen) atoms. The van der Waals surface area contributed by atoms with E-state index in [2.05, 4.69) is 22.4 Å². The van der Waals surface area contributed by atoms with Gasteiger partial charge in [-0.25, -0.2) is 0 Å². The Morgan fingerprint density at radius 1 is 1.25 bits per heavy atom. The lowest BCUT2D eigenvalue weighted by atomic mass is 10.0. The van der Waals surface area contributed by atoms with E-state index in [9.17, 15) is 10.1 Å². The number of H-pyrrole nitrogens is 1. The summed E-state index contributed by atoms with van der Waals surface area (Å²) in [5.74, 6) is 0.00800. The molecule has 1 heterocycles. The van der Waals surface area contributed by atoms with E-state index in [4.69, 9.17) is 4.74 Å². The first-order valence-electron chi connectivity index (χ1n) is 8.85. The van der Waals surface area contributed by atoms with Crippen LogP contribution < -0.4 is 10.1 Å². The Hall–Kier alpha value is -3.85. The number of anilines is 1. The lowest BCUT2D eigenvalue weighted by Gasteiger charge is -2.09. The summed E-state index contributed by atoms with van der Waals surface area (Å²) in [7, 11) is 1.52. The summed E-state index contributed by atoms with van der Waals surface area (Å²) in [4.78, 5) is 12.6. The Morgan fingerprint density at radius 2 is 2.00 bits per heavy atom. The molecule has 0 radical (unpaired) electrons. The molecule has 3 rings (SSSR count). The van der Waals surface area contributed by atoms with Crippen molar-refractivity contribution in [1.82, 2.24) is 10.2 Å². The van der Waals surface area contributed by atoms with Gasteiger partial charge in [-0.15, -0.1) is 0 Å². The topological polar surface area (TPSA) is 90.8 Å².